The fourth-order valence-corrected chi connectivity index (χ4v) is 9.70. The first-order valence-electron chi connectivity index (χ1n) is 20.6. The van der Waals surface area contributed by atoms with E-state index in [0.29, 0.717) is 5.92 Å². The van der Waals surface area contributed by atoms with Gasteiger partial charge in [0.1, 0.15) is 23.2 Å². The topological polar surface area (TPSA) is 54.5 Å². The molecule has 0 radical (unpaired) electrons. The van der Waals surface area contributed by atoms with Crippen molar-refractivity contribution in [3.05, 3.63) is 180 Å². The molecule has 2 N–H and O–H groups in total. The summed E-state index contributed by atoms with van der Waals surface area (Å²) in [4.78, 5) is 5.41. The minimum atomic E-state index is -0.260. The van der Waals surface area contributed by atoms with E-state index in [1.54, 1.807) is 0 Å². The highest BCUT2D eigenvalue weighted by Crippen LogP contribution is 2.42. The maximum atomic E-state index is 6.78. The van der Waals surface area contributed by atoms with E-state index in [0.717, 1.165) is 76.7 Å². The van der Waals surface area contributed by atoms with Crippen LogP contribution < -0.4 is 10.6 Å². The van der Waals surface area contributed by atoms with Crippen LogP contribution in [0.5, 0.6) is 0 Å². The van der Waals surface area contributed by atoms with Gasteiger partial charge in [-0.15, -0.1) is 0 Å². The van der Waals surface area contributed by atoms with Crippen molar-refractivity contribution in [3.63, 3.8) is 0 Å². The van der Waals surface area contributed by atoms with Crippen LogP contribution in [0.4, 0.5) is 0 Å². The largest absolute Gasteiger partial charge is 0.456 e. The summed E-state index contributed by atoms with van der Waals surface area (Å²) in [7, 11) is 0. The monoisotopic (exact) mass is 742 g/mol. The average molecular weight is 743 g/mol. The zero-order valence-corrected chi connectivity index (χ0v) is 32.3. The van der Waals surface area contributed by atoms with Gasteiger partial charge in [0.2, 0.25) is 0 Å². The standard InChI is InChI=1S/C52H46N4O/c1-52(29-11-4-12-30-52)51-54-49(38-20-13-19-36(31-38)34-15-5-2-6-16-34)53-50(55-51)39-26-28-42-47(33-39)57-46-24-14-23-44(48(42)46)56-43-22-10-9-21-40(43)41-27-25-37(32-45(41)56)35-17-7-3-8-18-35/h2-5,7-9,11-14,17-21,23-29,31-34,50-51,55H,6,10,15-16,22,30H2,1H3,(H,53,54). The predicted octanol–water partition coefficient (Wildman–Crippen LogP) is 12.5. The Kier molecular flexibility index (Phi) is 8.25. The van der Waals surface area contributed by atoms with E-state index in [4.69, 9.17) is 9.41 Å². The molecule has 4 atom stereocenters. The van der Waals surface area contributed by atoms with Crippen molar-refractivity contribution in [2.75, 3.05) is 0 Å². The number of nitrogens with one attached hydrogen (secondary N) is 2. The number of amidine groups is 1. The molecule has 5 heteroatoms. The van der Waals surface area contributed by atoms with E-state index >= 15 is 0 Å². The Labute approximate surface area is 333 Å². The van der Waals surface area contributed by atoms with Crippen LogP contribution in [0.2, 0.25) is 0 Å². The van der Waals surface area contributed by atoms with Gasteiger partial charge in [0.15, 0.2) is 0 Å². The summed E-state index contributed by atoms with van der Waals surface area (Å²) in [6.45, 7) is 2.33. The molecule has 5 aromatic carbocycles. The summed E-state index contributed by atoms with van der Waals surface area (Å²) in [5.74, 6) is 1.48. The van der Waals surface area contributed by atoms with Crippen LogP contribution in [-0.4, -0.2) is 16.6 Å². The summed E-state index contributed by atoms with van der Waals surface area (Å²) in [6.07, 6.45) is 24.3. The van der Waals surface area contributed by atoms with Gasteiger partial charge in [0, 0.05) is 33.0 Å². The van der Waals surface area contributed by atoms with Gasteiger partial charge in [-0.2, -0.15) is 0 Å². The molecular weight excluding hydrogens is 697 g/mol. The Morgan fingerprint density at radius 3 is 2.51 bits per heavy atom. The molecule has 0 saturated heterocycles. The number of hydrogen-bond acceptors (Lipinski definition) is 4. The summed E-state index contributed by atoms with van der Waals surface area (Å²) in [6, 6.07) is 39.9. The summed E-state index contributed by atoms with van der Waals surface area (Å²) >= 11 is 0. The Morgan fingerprint density at radius 1 is 0.737 bits per heavy atom. The number of hydrogen-bond donors (Lipinski definition) is 2. The van der Waals surface area contributed by atoms with Crippen LogP contribution in [0.15, 0.2) is 161 Å². The van der Waals surface area contributed by atoms with E-state index in [1.807, 2.05) is 0 Å². The molecule has 0 spiro atoms. The van der Waals surface area contributed by atoms with E-state index in [2.05, 4.69) is 180 Å². The fraction of sp³-hybridized carbons (Fsp3) is 0.212. The minimum Gasteiger partial charge on any atom is -0.456 e. The van der Waals surface area contributed by atoms with Crippen LogP contribution in [0.25, 0.3) is 55.7 Å². The van der Waals surface area contributed by atoms with E-state index in [9.17, 15) is 0 Å². The molecule has 5 nitrogen and oxygen atoms in total. The lowest BCUT2D eigenvalue weighted by atomic mass is 9.79. The molecule has 11 rings (SSSR count). The number of fused-ring (bicyclic) bond motifs is 6. The molecule has 0 fully saturated rings. The quantitative estimate of drug-likeness (QED) is 0.167. The van der Waals surface area contributed by atoms with E-state index in [1.165, 1.54) is 45.3 Å². The number of furan rings is 1. The van der Waals surface area contributed by atoms with Gasteiger partial charge in [0.25, 0.3) is 0 Å². The van der Waals surface area contributed by atoms with Crippen molar-refractivity contribution < 1.29 is 4.42 Å². The van der Waals surface area contributed by atoms with Gasteiger partial charge in [-0.3, -0.25) is 5.32 Å². The van der Waals surface area contributed by atoms with E-state index in [-0.39, 0.29) is 17.7 Å². The second-order valence-electron chi connectivity index (χ2n) is 16.5. The lowest BCUT2D eigenvalue weighted by Crippen LogP contribution is -2.58. The van der Waals surface area contributed by atoms with Crippen molar-refractivity contribution in [2.24, 2.45) is 10.4 Å². The van der Waals surface area contributed by atoms with Crippen LogP contribution >= 0.6 is 0 Å². The zero-order valence-electron chi connectivity index (χ0n) is 32.3. The molecule has 4 unspecified atom stereocenters. The smallest absolute Gasteiger partial charge is 0.137 e. The van der Waals surface area contributed by atoms with Gasteiger partial charge < -0.3 is 14.3 Å². The van der Waals surface area contributed by atoms with E-state index < -0.39 is 0 Å². The van der Waals surface area contributed by atoms with Gasteiger partial charge >= 0.3 is 0 Å². The first-order chi connectivity index (χ1) is 28.1. The summed E-state index contributed by atoms with van der Waals surface area (Å²) in [5.41, 5.74) is 12.7. The molecule has 1 aliphatic heterocycles. The van der Waals surface area contributed by atoms with Crippen molar-refractivity contribution in [1.82, 2.24) is 15.2 Å². The Morgan fingerprint density at radius 2 is 1.63 bits per heavy atom. The summed E-state index contributed by atoms with van der Waals surface area (Å²) in [5, 5.41) is 11.3. The van der Waals surface area contributed by atoms with Crippen LogP contribution in [0.3, 0.4) is 0 Å². The molecule has 0 amide bonds. The molecule has 57 heavy (non-hydrogen) atoms. The van der Waals surface area contributed by atoms with Gasteiger partial charge in [-0.05, 0) is 97.0 Å². The lowest BCUT2D eigenvalue weighted by molar-refractivity contribution is 0.232. The minimum absolute atomic E-state index is 0.0292. The molecule has 3 heterocycles. The van der Waals surface area contributed by atoms with Crippen LogP contribution in [-0.2, 0) is 6.42 Å². The molecule has 280 valence electrons. The Balaban J connectivity index is 1.03. The van der Waals surface area contributed by atoms with Crippen molar-refractivity contribution in [3.8, 4) is 16.8 Å². The third kappa shape index (κ3) is 5.91. The highest BCUT2D eigenvalue weighted by atomic mass is 16.3. The molecule has 3 aliphatic carbocycles. The maximum absolute atomic E-state index is 6.78. The third-order valence-electron chi connectivity index (χ3n) is 12.8. The van der Waals surface area contributed by atoms with Crippen molar-refractivity contribution in [2.45, 2.75) is 63.7 Å². The highest BCUT2D eigenvalue weighted by molar-refractivity contribution is 6.11. The predicted molar refractivity (Wildman–Crippen MR) is 236 cm³/mol. The molecule has 0 saturated carbocycles. The van der Waals surface area contributed by atoms with Crippen LogP contribution in [0.1, 0.15) is 79.1 Å². The van der Waals surface area contributed by atoms with Gasteiger partial charge in [-0.1, -0.05) is 134 Å². The first-order valence-corrected chi connectivity index (χ1v) is 20.6. The summed E-state index contributed by atoms with van der Waals surface area (Å²) < 4.78 is 9.29. The van der Waals surface area contributed by atoms with Crippen molar-refractivity contribution >= 4 is 44.8 Å². The maximum Gasteiger partial charge on any atom is 0.137 e. The molecule has 2 aromatic heterocycles. The van der Waals surface area contributed by atoms with Crippen LogP contribution in [0, 0.1) is 5.41 Å². The second-order valence-corrected chi connectivity index (χ2v) is 16.5. The van der Waals surface area contributed by atoms with Crippen molar-refractivity contribution in [1.29, 1.82) is 0 Å². The van der Waals surface area contributed by atoms with Gasteiger partial charge in [0.05, 0.1) is 22.8 Å². The number of aliphatic imine (C=N–C) groups is 1. The normalized spacial score (nSPS) is 22.9. The van der Waals surface area contributed by atoms with Gasteiger partial charge in [-0.25, -0.2) is 4.99 Å². The highest BCUT2D eigenvalue weighted by Gasteiger charge is 2.37. The Hall–Kier alpha value is -6.17. The SMILES string of the molecule is CC1(C2NC(c3cccc(C4CC=CCC4)c3)=NC(c3ccc4c(c3)oc3cccc(-n5c6c(c7ccc(-c8ccccc8)cc75)C=CCC6)c34)N2)C=CC=CC1. The lowest BCUT2D eigenvalue weighted by Gasteiger charge is -2.42. The molecule has 7 aromatic rings. The zero-order chi connectivity index (χ0) is 37.9. The molecular formula is C52H46N4O. The number of allylic oxidation sites excluding steroid dienone is 6. The fourth-order valence-electron chi connectivity index (χ4n) is 9.70. The second kappa shape index (κ2) is 13.8. The average Bonchev–Trinajstić information content (AvgIpc) is 3.82. The molecule has 4 aliphatic rings. The number of aromatic nitrogens is 1. The number of benzene rings is 5. The third-order valence-corrected chi connectivity index (χ3v) is 12.8. The first kappa shape index (κ1) is 34.1. The number of nitrogens with zero attached hydrogens (tertiary/aromatic N) is 2. The Bertz CT molecular complexity index is 2850. The number of rotatable bonds is 6. The molecule has 0 bridgehead atoms.